The lowest BCUT2D eigenvalue weighted by molar-refractivity contribution is 0.0537. The predicted molar refractivity (Wildman–Crippen MR) is 86.0 cm³/mol. The largest absolute Gasteiger partial charge is 0.392 e. The van der Waals surface area contributed by atoms with Gasteiger partial charge < -0.3 is 5.11 Å². The molecule has 1 unspecified atom stereocenters. The molecule has 0 spiro atoms. The zero-order valence-electron chi connectivity index (χ0n) is 13.2. The van der Waals surface area contributed by atoms with Crippen LogP contribution in [-0.4, -0.2) is 11.2 Å². The molecule has 1 aromatic carbocycles. The van der Waals surface area contributed by atoms with E-state index in [4.69, 9.17) is 11.6 Å². The summed E-state index contributed by atoms with van der Waals surface area (Å²) in [6, 6.07) is 4.36. The Morgan fingerprint density at radius 3 is 2.43 bits per heavy atom. The van der Waals surface area contributed by atoms with Crippen molar-refractivity contribution in [3.05, 3.63) is 34.6 Å². The standard InChI is InChI=1S/C18H26ClFO/c1-18(2,3)14-6-4-12(5-7-14)17(21)11-13-10-15(20)8-9-16(13)19/h8-10,12,14,17,21H,4-7,11H2,1-3H3. The summed E-state index contributed by atoms with van der Waals surface area (Å²) in [6.45, 7) is 6.88. The number of halogens is 2. The van der Waals surface area contributed by atoms with Crippen molar-refractivity contribution in [2.75, 3.05) is 0 Å². The van der Waals surface area contributed by atoms with E-state index in [0.717, 1.165) is 18.8 Å². The molecule has 0 amide bonds. The first kappa shape index (κ1) is 16.8. The van der Waals surface area contributed by atoms with E-state index in [1.165, 1.54) is 25.0 Å². The summed E-state index contributed by atoms with van der Waals surface area (Å²) in [6.07, 6.45) is 4.46. The van der Waals surface area contributed by atoms with E-state index >= 15 is 0 Å². The van der Waals surface area contributed by atoms with E-state index in [1.807, 2.05) is 0 Å². The molecule has 1 aromatic rings. The van der Waals surface area contributed by atoms with Crippen molar-refractivity contribution in [3.63, 3.8) is 0 Å². The minimum atomic E-state index is -0.426. The average molecular weight is 313 g/mol. The third-order valence-corrected chi connectivity index (χ3v) is 5.35. The van der Waals surface area contributed by atoms with Gasteiger partial charge in [0.25, 0.3) is 0 Å². The SMILES string of the molecule is CC(C)(C)C1CCC(C(O)Cc2cc(F)ccc2Cl)CC1. The number of aliphatic hydroxyl groups excluding tert-OH is 1. The molecule has 118 valence electrons. The topological polar surface area (TPSA) is 20.2 Å². The fourth-order valence-corrected chi connectivity index (χ4v) is 3.66. The summed E-state index contributed by atoms with van der Waals surface area (Å²) in [5.41, 5.74) is 1.06. The maximum Gasteiger partial charge on any atom is 0.123 e. The highest BCUT2D eigenvalue weighted by Gasteiger charge is 2.32. The van der Waals surface area contributed by atoms with Gasteiger partial charge in [-0.05, 0) is 66.7 Å². The quantitative estimate of drug-likeness (QED) is 0.809. The monoisotopic (exact) mass is 312 g/mol. The van der Waals surface area contributed by atoms with Crippen LogP contribution in [0.1, 0.15) is 52.0 Å². The van der Waals surface area contributed by atoms with E-state index < -0.39 is 6.10 Å². The second-order valence-corrected chi connectivity index (χ2v) is 7.89. The lowest BCUT2D eigenvalue weighted by Crippen LogP contribution is -2.31. The molecule has 1 aliphatic rings. The Bertz CT molecular complexity index is 473. The van der Waals surface area contributed by atoms with Gasteiger partial charge in [-0.2, -0.15) is 0 Å². The van der Waals surface area contributed by atoms with Crippen molar-refractivity contribution in [2.45, 2.75) is 59.0 Å². The Morgan fingerprint density at radius 1 is 1.24 bits per heavy atom. The Hall–Kier alpha value is -0.600. The van der Waals surface area contributed by atoms with Gasteiger partial charge in [0.05, 0.1) is 6.10 Å². The summed E-state index contributed by atoms with van der Waals surface area (Å²) in [5, 5.41) is 11.0. The molecule has 1 atom stereocenters. The smallest absolute Gasteiger partial charge is 0.123 e. The Labute approximate surface area is 132 Å². The fraction of sp³-hybridized carbons (Fsp3) is 0.667. The van der Waals surface area contributed by atoms with Gasteiger partial charge in [0.2, 0.25) is 0 Å². The van der Waals surface area contributed by atoms with E-state index in [9.17, 15) is 9.50 Å². The molecule has 0 aliphatic heterocycles. The van der Waals surface area contributed by atoms with Crippen LogP contribution < -0.4 is 0 Å². The second kappa shape index (κ2) is 6.66. The molecular formula is C18H26ClFO. The summed E-state index contributed by atoms with van der Waals surface area (Å²) < 4.78 is 13.3. The highest BCUT2D eigenvalue weighted by Crippen LogP contribution is 2.41. The van der Waals surface area contributed by atoms with Gasteiger partial charge >= 0.3 is 0 Å². The van der Waals surface area contributed by atoms with Crippen LogP contribution in [0.4, 0.5) is 4.39 Å². The highest BCUT2D eigenvalue weighted by atomic mass is 35.5. The van der Waals surface area contributed by atoms with Gasteiger partial charge in [0.1, 0.15) is 5.82 Å². The number of hydrogen-bond acceptors (Lipinski definition) is 1. The zero-order chi connectivity index (χ0) is 15.6. The molecule has 1 fully saturated rings. The normalized spacial score (nSPS) is 24.9. The molecule has 0 aromatic heterocycles. The molecule has 1 aliphatic carbocycles. The van der Waals surface area contributed by atoms with Crippen molar-refractivity contribution in [1.82, 2.24) is 0 Å². The van der Waals surface area contributed by atoms with Crippen LogP contribution in [0.25, 0.3) is 0 Å². The molecular weight excluding hydrogens is 287 g/mol. The first-order chi connectivity index (χ1) is 9.77. The minimum absolute atomic E-state index is 0.293. The molecule has 0 heterocycles. The van der Waals surface area contributed by atoms with E-state index in [-0.39, 0.29) is 5.82 Å². The van der Waals surface area contributed by atoms with Crippen LogP contribution in [0, 0.1) is 23.1 Å². The van der Waals surface area contributed by atoms with Crippen LogP contribution in [0.5, 0.6) is 0 Å². The van der Waals surface area contributed by atoms with Gasteiger partial charge in [-0.3, -0.25) is 0 Å². The van der Waals surface area contributed by atoms with Crippen LogP contribution in [0.15, 0.2) is 18.2 Å². The van der Waals surface area contributed by atoms with Gasteiger partial charge in [-0.1, -0.05) is 32.4 Å². The van der Waals surface area contributed by atoms with E-state index in [1.54, 1.807) is 6.07 Å². The molecule has 1 N–H and O–H groups in total. The maximum atomic E-state index is 13.3. The van der Waals surface area contributed by atoms with Crippen LogP contribution in [-0.2, 0) is 6.42 Å². The van der Waals surface area contributed by atoms with Crippen molar-refractivity contribution in [1.29, 1.82) is 0 Å². The van der Waals surface area contributed by atoms with Crippen molar-refractivity contribution < 1.29 is 9.50 Å². The number of hydrogen-bond donors (Lipinski definition) is 1. The van der Waals surface area contributed by atoms with Crippen LogP contribution in [0.3, 0.4) is 0 Å². The fourth-order valence-electron chi connectivity index (χ4n) is 3.46. The number of benzene rings is 1. The second-order valence-electron chi connectivity index (χ2n) is 7.48. The lowest BCUT2D eigenvalue weighted by atomic mass is 9.68. The lowest BCUT2D eigenvalue weighted by Gasteiger charge is -2.38. The van der Waals surface area contributed by atoms with E-state index in [2.05, 4.69) is 20.8 Å². The van der Waals surface area contributed by atoms with Crippen molar-refractivity contribution in [2.24, 2.45) is 17.3 Å². The highest BCUT2D eigenvalue weighted by molar-refractivity contribution is 6.31. The first-order valence-corrected chi connectivity index (χ1v) is 8.27. The van der Waals surface area contributed by atoms with Crippen LogP contribution in [0.2, 0.25) is 5.02 Å². The molecule has 2 rings (SSSR count). The minimum Gasteiger partial charge on any atom is -0.392 e. The number of rotatable bonds is 3. The van der Waals surface area contributed by atoms with Crippen molar-refractivity contribution in [3.8, 4) is 0 Å². The summed E-state index contributed by atoms with van der Waals surface area (Å²) in [4.78, 5) is 0. The maximum absolute atomic E-state index is 13.3. The zero-order valence-corrected chi connectivity index (χ0v) is 14.0. The Kier molecular flexibility index (Phi) is 5.32. The summed E-state index contributed by atoms with van der Waals surface area (Å²) in [7, 11) is 0. The summed E-state index contributed by atoms with van der Waals surface area (Å²) >= 11 is 6.08. The first-order valence-electron chi connectivity index (χ1n) is 7.89. The van der Waals surface area contributed by atoms with Crippen molar-refractivity contribution >= 4 is 11.6 Å². The third kappa shape index (κ3) is 4.43. The van der Waals surface area contributed by atoms with Gasteiger partial charge in [-0.25, -0.2) is 4.39 Å². The van der Waals surface area contributed by atoms with Gasteiger partial charge in [0.15, 0.2) is 0 Å². The Balaban J connectivity index is 1.93. The number of aliphatic hydroxyl groups is 1. The van der Waals surface area contributed by atoms with Crippen LogP contribution >= 0.6 is 11.6 Å². The van der Waals surface area contributed by atoms with E-state index in [0.29, 0.717) is 28.3 Å². The predicted octanol–water partition coefficient (Wildman–Crippen LogP) is 5.24. The Morgan fingerprint density at radius 2 is 1.86 bits per heavy atom. The molecule has 0 saturated heterocycles. The molecule has 3 heteroatoms. The molecule has 1 saturated carbocycles. The van der Waals surface area contributed by atoms with Gasteiger partial charge in [0, 0.05) is 11.4 Å². The average Bonchev–Trinajstić information content (AvgIpc) is 2.42. The van der Waals surface area contributed by atoms with Gasteiger partial charge in [-0.15, -0.1) is 0 Å². The third-order valence-electron chi connectivity index (χ3n) is 4.98. The molecule has 21 heavy (non-hydrogen) atoms. The molecule has 0 bridgehead atoms. The molecule has 0 radical (unpaired) electrons. The summed E-state index contributed by atoms with van der Waals surface area (Å²) in [5.74, 6) is 0.750. The molecule has 1 nitrogen and oxygen atoms in total.